The van der Waals surface area contributed by atoms with Crippen molar-refractivity contribution >= 4 is 46.8 Å². The number of amides is 2. The van der Waals surface area contributed by atoms with Crippen LogP contribution in [0.25, 0.3) is 0 Å². The monoisotopic (exact) mass is 572 g/mol. The number of nitrogens with one attached hydrogen (secondary N) is 1. The Morgan fingerprint density at radius 1 is 0.974 bits per heavy atom. The van der Waals surface area contributed by atoms with Crippen molar-refractivity contribution in [1.82, 2.24) is 10.2 Å². The van der Waals surface area contributed by atoms with Crippen molar-refractivity contribution in [3.63, 3.8) is 0 Å². The highest BCUT2D eigenvalue weighted by atomic mass is 35.5. The maximum absolute atomic E-state index is 14.7. The number of halogens is 3. The number of carbonyl (C=O) groups excluding carboxylic acids is 2. The minimum Gasteiger partial charge on any atom is -0.352 e. The minimum absolute atomic E-state index is 0.00333. The van der Waals surface area contributed by atoms with E-state index in [4.69, 9.17) is 23.2 Å². The minimum atomic E-state index is -0.773. The predicted octanol–water partition coefficient (Wildman–Crippen LogP) is 7.06. The molecule has 1 aliphatic rings. The molecule has 0 spiro atoms. The van der Waals surface area contributed by atoms with Crippen LogP contribution in [0.4, 0.5) is 4.39 Å². The highest BCUT2D eigenvalue weighted by Gasteiger charge is 2.32. The van der Waals surface area contributed by atoms with Gasteiger partial charge < -0.3 is 10.2 Å². The average Bonchev–Trinajstić information content (AvgIpc) is 3.42. The van der Waals surface area contributed by atoms with E-state index in [1.807, 2.05) is 36.4 Å². The van der Waals surface area contributed by atoms with Crippen molar-refractivity contribution in [2.75, 3.05) is 5.75 Å². The van der Waals surface area contributed by atoms with Crippen molar-refractivity contribution in [3.05, 3.63) is 105 Å². The van der Waals surface area contributed by atoms with Crippen LogP contribution < -0.4 is 5.32 Å². The molecule has 0 bridgehead atoms. The van der Waals surface area contributed by atoms with E-state index < -0.39 is 11.9 Å². The summed E-state index contributed by atoms with van der Waals surface area (Å²) in [6, 6.07) is 20.6. The molecule has 1 saturated carbocycles. The van der Waals surface area contributed by atoms with Crippen LogP contribution in [0.15, 0.2) is 72.8 Å². The Hall–Kier alpha value is -2.54. The van der Waals surface area contributed by atoms with E-state index in [9.17, 15) is 14.0 Å². The molecule has 1 fully saturated rings. The van der Waals surface area contributed by atoms with E-state index in [0.717, 1.165) is 36.8 Å². The molecule has 8 heteroatoms. The highest BCUT2D eigenvalue weighted by molar-refractivity contribution is 7.99. The lowest BCUT2D eigenvalue weighted by atomic mass is 10.0. The van der Waals surface area contributed by atoms with E-state index in [0.29, 0.717) is 27.8 Å². The van der Waals surface area contributed by atoms with Gasteiger partial charge in [-0.05, 0) is 42.2 Å². The zero-order valence-electron chi connectivity index (χ0n) is 21.0. The normalized spacial score (nSPS) is 14.3. The summed E-state index contributed by atoms with van der Waals surface area (Å²) < 4.78 is 14.7. The van der Waals surface area contributed by atoms with Gasteiger partial charge in [0.05, 0.1) is 5.75 Å². The second-order valence-electron chi connectivity index (χ2n) is 9.54. The summed E-state index contributed by atoms with van der Waals surface area (Å²) in [6.45, 7) is 0.00333. The average molecular weight is 574 g/mol. The van der Waals surface area contributed by atoms with Gasteiger partial charge in [-0.2, -0.15) is 0 Å². The molecule has 1 N–H and O–H groups in total. The summed E-state index contributed by atoms with van der Waals surface area (Å²) >= 11 is 13.7. The Labute approximate surface area is 237 Å². The van der Waals surface area contributed by atoms with Gasteiger partial charge >= 0.3 is 0 Å². The smallest absolute Gasteiger partial charge is 0.243 e. The lowest BCUT2D eigenvalue weighted by molar-refractivity contribution is -0.139. The molecule has 3 aromatic rings. The van der Waals surface area contributed by atoms with Crippen molar-refractivity contribution in [1.29, 1.82) is 0 Å². The molecular weight excluding hydrogens is 542 g/mol. The van der Waals surface area contributed by atoms with Crippen molar-refractivity contribution in [2.45, 2.75) is 56.5 Å². The van der Waals surface area contributed by atoms with Crippen LogP contribution in [0.1, 0.15) is 42.4 Å². The molecular formula is C30H31Cl2FN2O2S. The number of thioether (sulfide) groups is 1. The van der Waals surface area contributed by atoms with E-state index in [2.05, 4.69) is 5.32 Å². The molecule has 0 aromatic heterocycles. The fourth-order valence-electron chi connectivity index (χ4n) is 4.70. The molecule has 1 aliphatic carbocycles. The van der Waals surface area contributed by atoms with Gasteiger partial charge in [0.15, 0.2) is 0 Å². The first-order valence-corrected chi connectivity index (χ1v) is 14.7. The summed E-state index contributed by atoms with van der Waals surface area (Å²) in [5.74, 6) is -0.204. The fourth-order valence-corrected chi connectivity index (χ4v) is 6.17. The van der Waals surface area contributed by atoms with Crippen molar-refractivity contribution < 1.29 is 14.0 Å². The molecule has 200 valence electrons. The maximum Gasteiger partial charge on any atom is 0.243 e. The summed E-state index contributed by atoms with van der Waals surface area (Å²) in [7, 11) is 0. The number of nitrogens with zero attached hydrogens (tertiary/aromatic N) is 1. The van der Waals surface area contributed by atoms with Crippen LogP contribution in [0.2, 0.25) is 10.0 Å². The summed E-state index contributed by atoms with van der Waals surface area (Å²) in [5, 5.41) is 4.26. The molecule has 2 amide bonds. The van der Waals surface area contributed by atoms with Gasteiger partial charge in [-0.15, -0.1) is 11.8 Å². The zero-order chi connectivity index (χ0) is 26.9. The van der Waals surface area contributed by atoms with E-state index in [1.165, 1.54) is 22.7 Å². The number of hydrogen-bond acceptors (Lipinski definition) is 3. The number of hydrogen-bond donors (Lipinski definition) is 1. The van der Waals surface area contributed by atoms with Crippen LogP contribution in [-0.2, 0) is 28.3 Å². The van der Waals surface area contributed by atoms with Crippen LogP contribution in [0.3, 0.4) is 0 Å². The fraction of sp³-hybridized carbons (Fsp3) is 0.333. The topological polar surface area (TPSA) is 49.4 Å². The summed E-state index contributed by atoms with van der Waals surface area (Å²) in [5.41, 5.74) is 2.18. The molecule has 1 unspecified atom stereocenters. The third-order valence-corrected chi connectivity index (χ3v) is 8.32. The SMILES string of the molecule is O=C(NC1CCCC1)C(Cc1ccccc1)N(Cc1ccccc1F)C(=O)CSCc1ccc(Cl)cc1Cl. The predicted molar refractivity (Wildman–Crippen MR) is 154 cm³/mol. The molecule has 3 aromatic carbocycles. The molecule has 0 radical (unpaired) electrons. The number of benzene rings is 3. The van der Waals surface area contributed by atoms with Crippen molar-refractivity contribution in [2.24, 2.45) is 0 Å². The Balaban J connectivity index is 1.57. The Kier molecular flexibility index (Phi) is 10.5. The summed E-state index contributed by atoms with van der Waals surface area (Å²) in [4.78, 5) is 28.9. The van der Waals surface area contributed by atoms with Gasteiger partial charge in [-0.3, -0.25) is 9.59 Å². The van der Waals surface area contributed by atoms with Crippen LogP contribution >= 0.6 is 35.0 Å². The van der Waals surface area contributed by atoms with Gasteiger partial charge in [0.2, 0.25) is 11.8 Å². The first-order chi connectivity index (χ1) is 18.4. The molecule has 1 atom stereocenters. The standard InChI is InChI=1S/C30H31Cl2FN2O2S/c31-24-15-14-23(26(32)17-24)19-38-20-29(36)35(18-22-10-4-7-13-27(22)33)28(16-21-8-2-1-3-9-21)30(37)34-25-11-5-6-12-25/h1-4,7-10,13-15,17,25,28H,5-6,11-12,16,18-20H2,(H,34,37). The zero-order valence-corrected chi connectivity index (χ0v) is 23.4. The van der Waals surface area contributed by atoms with Gasteiger partial charge in [-0.1, -0.05) is 90.6 Å². The third-order valence-electron chi connectivity index (χ3n) is 6.77. The van der Waals surface area contributed by atoms with Gasteiger partial charge in [0.25, 0.3) is 0 Å². The van der Waals surface area contributed by atoms with Crippen molar-refractivity contribution in [3.8, 4) is 0 Å². The Bertz CT molecular complexity index is 1240. The van der Waals surface area contributed by atoms with Crippen LogP contribution in [0.5, 0.6) is 0 Å². The molecule has 0 saturated heterocycles. The number of carbonyl (C=O) groups is 2. The first kappa shape index (κ1) is 28.5. The van der Waals surface area contributed by atoms with E-state index in [-0.39, 0.29) is 30.2 Å². The Morgan fingerprint density at radius 3 is 2.39 bits per heavy atom. The molecule has 38 heavy (non-hydrogen) atoms. The molecule has 4 nitrogen and oxygen atoms in total. The quantitative estimate of drug-likeness (QED) is 0.267. The highest BCUT2D eigenvalue weighted by Crippen LogP contribution is 2.26. The molecule has 0 aliphatic heterocycles. The lowest BCUT2D eigenvalue weighted by Crippen LogP contribution is -2.52. The largest absolute Gasteiger partial charge is 0.352 e. The summed E-state index contributed by atoms with van der Waals surface area (Å²) in [6.07, 6.45) is 4.37. The molecule has 0 heterocycles. The maximum atomic E-state index is 14.7. The number of rotatable bonds is 11. The third kappa shape index (κ3) is 7.98. The second-order valence-corrected chi connectivity index (χ2v) is 11.4. The van der Waals surface area contributed by atoms with Gasteiger partial charge in [0, 0.05) is 40.4 Å². The second kappa shape index (κ2) is 14.0. The van der Waals surface area contributed by atoms with Crippen LogP contribution in [0, 0.1) is 5.82 Å². The van der Waals surface area contributed by atoms with E-state index >= 15 is 0 Å². The molecule has 4 rings (SSSR count). The first-order valence-electron chi connectivity index (χ1n) is 12.8. The van der Waals surface area contributed by atoms with Crippen LogP contribution in [-0.4, -0.2) is 34.6 Å². The Morgan fingerprint density at radius 2 is 1.68 bits per heavy atom. The van der Waals surface area contributed by atoms with E-state index in [1.54, 1.807) is 30.3 Å². The van der Waals surface area contributed by atoms with Gasteiger partial charge in [-0.25, -0.2) is 4.39 Å². The van der Waals surface area contributed by atoms with Gasteiger partial charge in [0.1, 0.15) is 11.9 Å². The lowest BCUT2D eigenvalue weighted by Gasteiger charge is -2.32.